The Morgan fingerprint density at radius 3 is 2.62 bits per heavy atom. The van der Waals surface area contributed by atoms with Crippen molar-refractivity contribution in [2.75, 3.05) is 12.3 Å². The molecular formula is C14H24ClN3O2S. The second-order valence-electron chi connectivity index (χ2n) is 5.98. The van der Waals surface area contributed by atoms with Crippen LogP contribution in [-0.4, -0.2) is 19.9 Å². The van der Waals surface area contributed by atoms with Gasteiger partial charge in [-0.1, -0.05) is 51.6 Å². The molecule has 0 fully saturated rings. The fourth-order valence-electron chi connectivity index (χ4n) is 1.89. The number of nitrogens with zero attached hydrogens (tertiary/aromatic N) is 1. The van der Waals surface area contributed by atoms with E-state index in [1.54, 1.807) is 0 Å². The monoisotopic (exact) mass is 333 g/mol. The molecule has 0 spiro atoms. The molecule has 21 heavy (non-hydrogen) atoms. The first-order valence-corrected chi connectivity index (χ1v) is 8.95. The Bertz CT molecular complexity index is 574. The lowest BCUT2D eigenvalue weighted by Gasteiger charge is -2.24. The van der Waals surface area contributed by atoms with E-state index in [9.17, 15) is 8.42 Å². The average Bonchev–Trinajstić information content (AvgIpc) is 2.40. The molecule has 7 heteroatoms. The van der Waals surface area contributed by atoms with E-state index in [0.29, 0.717) is 6.54 Å². The molecular weight excluding hydrogens is 310 g/mol. The summed E-state index contributed by atoms with van der Waals surface area (Å²) in [5, 5.41) is 0.139. The molecule has 0 amide bonds. The molecule has 5 nitrogen and oxygen atoms in total. The number of hydrogen-bond acceptors (Lipinski definition) is 4. The van der Waals surface area contributed by atoms with Gasteiger partial charge in [0, 0.05) is 12.7 Å². The highest BCUT2D eigenvalue weighted by molar-refractivity contribution is 7.89. The van der Waals surface area contributed by atoms with E-state index < -0.39 is 10.0 Å². The molecule has 0 saturated heterocycles. The van der Waals surface area contributed by atoms with Gasteiger partial charge in [0.05, 0.1) is 5.02 Å². The van der Waals surface area contributed by atoms with Crippen LogP contribution in [0, 0.1) is 5.41 Å². The summed E-state index contributed by atoms with van der Waals surface area (Å²) in [6.07, 6.45) is 5.60. The van der Waals surface area contributed by atoms with Crippen molar-refractivity contribution in [1.29, 1.82) is 0 Å². The van der Waals surface area contributed by atoms with E-state index in [4.69, 9.17) is 17.3 Å². The number of anilines is 1. The maximum atomic E-state index is 12.2. The molecule has 1 aromatic rings. The van der Waals surface area contributed by atoms with Crippen molar-refractivity contribution in [2.45, 2.75) is 51.3 Å². The topological polar surface area (TPSA) is 85.1 Å². The minimum absolute atomic E-state index is 0.0334. The Labute approximate surface area is 132 Å². The molecule has 0 aliphatic rings. The third-order valence-electron chi connectivity index (χ3n) is 3.35. The molecule has 0 aliphatic carbocycles. The van der Waals surface area contributed by atoms with Crippen LogP contribution >= 0.6 is 11.6 Å². The summed E-state index contributed by atoms with van der Waals surface area (Å²) in [6.45, 7) is 6.63. The highest BCUT2D eigenvalue weighted by Crippen LogP contribution is 2.24. The van der Waals surface area contributed by atoms with Gasteiger partial charge in [0.1, 0.15) is 10.7 Å². The van der Waals surface area contributed by atoms with Crippen LogP contribution in [-0.2, 0) is 10.0 Å². The number of unbranched alkanes of at least 4 members (excludes halogenated alkanes) is 2. The lowest BCUT2D eigenvalue weighted by atomic mass is 9.87. The van der Waals surface area contributed by atoms with Crippen LogP contribution in [0.25, 0.3) is 0 Å². The van der Waals surface area contributed by atoms with E-state index in [1.807, 2.05) is 0 Å². The molecule has 120 valence electrons. The number of nitrogens with two attached hydrogens (primary N) is 1. The number of pyridine rings is 1. The maximum Gasteiger partial charge on any atom is 0.242 e. The Morgan fingerprint density at radius 2 is 2.05 bits per heavy atom. The molecule has 0 radical (unpaired) electrons. The van der Waals surface area contributed by atoms with Gasteiger partial charge in [-0.15, -0.1) is 0 Å². The number of nitrogens with one attached hydrogen (secondary N) is 1. The summed E-state index contributed by atoms with van der Waals surface area (Å²) in [7, 11) is -3.62. The van der Waals surface area contributed by atoms with Gasteiger partial charge in [0.2, 0.25) is 10.0 Å². The number of aromatic nitrogens is 1. The molecule has 0 saturated carbocycles. The molecule has 0 aliphatic heterocycles. The summed E-state index contributed by atoms with van der Waals surface area (Å²) in [4.78, 5) is 3.81. The van der Waals surface area contributed by atoms with E-state index >= 15 is 0 Å². The summed E-state index contributed by atoms with van der Waals surface area (Å²) in [5.74, 6) is 0.121. The zero-order valence-electron chi connectivity index (χ0n) is 12.8. The van der Waals surface area contributed by atoms with Crippen molar-refractivity contribution in [2.24, 2.45) is 5.41 Å². The number of halogens is 1. The molecule has 0 atom stereocenters. The van der Waals surface area contributed by atoms with Crippen molar-refractivity contribution in [3.05, 3.63) is 17.3 Å². The van der Waals surface area contributed by atoms with Crippen molar-refractivity contribution in [3.63, 3.8) is 0 Å². The fraction of sp³-hybridized carbons (Fsp3) is 0.643. The van der Waals surface area contributed by atoms with Gasteiger partial charge in [-0.2, -0.15) is 0 Å². The first-order valence-electron chi connectivity index (χ1n) is 7.08. The summed E-state index contributed by atoms with van der Waals surface area (Å²) >= 11 is 5.81. The molecule has 0 aromatic carbocycles. The van der Waals surface area contributed by atoms with Crippen LogP contribution in [0.15, 0.2) is 17.2 Å². The summed E-state index contributed by atoms with van der Waals surface area (Å²) in [6, 6.07) is 1.32. The summed E-state index contributed by atoms with van der Waals surface area (Å²) < 4.78 is 27.1. The highest BCUT2D eigenvalue weighted by atomic mass is 35.5. The Morgan fingerprint density at radius 1 is 1.38 bits per heavy atom. The van der Waals surface area contributed by atoms with Crippen LogP contribution in [0.4, 0.5) is 5.82 Å². The predicted octanol–water partition coefficient (Wildman–Crippen LogP) is 3.20. The van der Waals surface area contributed by atoms with E-state index in [1.165, 1.54) is 12.3 Å². The first kappa shape index (κ1) is 18.2. The second-order valence-corrected chi connectivity index (χ2v) is 8.16. The van der Waals surface area contributed by atoms with E-state index in [0.717, 1.165) is 25.7 Å². The van der Waals surface area contributed by atoms with Crippen molar-refractivity contribution >= 4 is 27.4 Å². The molecule has 1 rings (SSSR count). The van der Waals surface area contributed by atoms with E-state index in [-0.39, 0.29) is 21.2 Å². The molecule has 3 N–H and O–H groups in total. The van der Waals surface area contributed by atoms with Crippen LogP contribution in [0.2, 0.25) is 5.02 Å². The number of rotatable bonds is 8. The number of sulfonamides is 1. The Hall–Kier alpha value is -0.850. The SMILES string of the molecule is CCCCCC(C)(C)CNS(=O)(=O)c1cnc(N)c(Cl)c1. The first-order chi connectivity index (χ1) is 9.68. The highest BCUT2D eigenvalue weighted by Gasteiger charge is 2.22. The van der Waals surface area contributed by atoms with Gasteiger partial charge < -0.3 is 5.73 Å². The van der Waals surface area contributed by atoms with Crippen LogP contribution < -0.4 is 10.5 Å². The third-order valence-corrected chi connectivity index (χ3v) is 5.02. The molecule has 0 bridgehead atoms. The van der Waals surface area contributed by atoms with Crippen LogP contribution in [0.3, 0.4) is 0 Å². The molecule has 1 heterocycles. The van der Waals surface area contributed by atoms with Crippen molar-refractivity contribution in [3.8, 4) is 0 Å². The fourth-order valence-corrected chi connectivity index (χ4v) is 3.34. The van der Waals surface area contributed by atoms with Gasteiger partial charge in [-0.05, 0) is 17.9 Å². The second kappa shape index (κ2) is 7.42. The average molecular weight is 334 g/mol. The van der Waals surface area contributed by atoms with Crippen molar-refractivity contribution in [1.82, 2.24) is 9.71 Å². The zero-order chi connectivity index (χ0) is 16.1. The number of nitrogen functional groups attached to an aromatic ring is 1. The lowest BCUT2D eigenvalue weighted by Crippen LogP contribution is -2.34. The van der Waals surface area contributed by atoms with Crippen molar-refractivity contribution < 1.29 is 8.42 Å². The molecule has 0 unspecified atom stereocenters. The number of hydrogen-bond donors (Lipinski definition) is 2. The minimum Gasteiger partial charge on any atom is -0.382 e. The predicted molar refractivity (Wildman–Crippen MR) is 86.8 cm³/mol. The quantitative estimate of drug-likeness (QED) is 0.715. The minimum atomic E-state index is -3.62. The van der Waals surface area contributed by atoms with Gasteiger partial charge in [-0.3, -0.25) is 0 Å². The lowest BCUT2D eigenvalue weighted by molar-refractivity contribution is 0.320. The normalized spacial score (nSPS) is 12.6. The van der Waals surface area contributed by atoms with Gasteiger partial charge >= 0.3 is 0 Å². The Kier molecular flexibility index (Phi) is 6.43. The largest absolute Gasteiger partial charge is 0.382 e. The maximum absolute atomic E-state index is 12.2. The Balaban J connectivity index is 2.70. The standard InChI is InChI=1S/C14H24ClN3O2S/c1-4-5-6-7-14(2,3)10-18-21(19,20)11-8-12(15)13(16)17-9-11/h8-9,18H,4-7,10H2,1-3H3,(H2,16,17). The smallest absolute Gasteiger partial charge is 0.242 e. The summed E-state index contributed by atoms with van der Waals surface area (Å²) in [5.41, 5.74) is 5.39. The van der Waals surface area contributed by atoms with Gasteiger partial charge in [0.15, 0.2) is 0 Å². The van der Waals surface area contributed by atoms with E-state index in [2.05, 4.69) is 30.5 Å². The third kappa shape index (κ3) is 5.80. The van der Waals surface area contributed by atoms with Crippen LogP contribution in [0.5, 0.6) is 0 Å². The zero-order valence-corrected chi connectivity index (χ0v) is 14.4. The van der Waals surface area contributed by atoms with Gasteiger partial charge in [0.25, 0.3) is 0 Å². The molecule has 1 aromatic heterocycles. The van der Waals surface area contributed by atoms with Crippen LogP contribution in [0.1, 0.15) is 46.5 Å². The van der Waals surface area contributed by atoms with Gasteiger partial charge in [-0.25, -0.2) is 18.1 Å².